The quantitative estimate of drug-likeness (QED) is 0.854. The lowest BCUT2D eigenvalue weighted by atomic mass is 9.99. The summed E-state index contributed by atoms with van der Waals surface area (Å²) in [6.07, 6.45) is 3.84. The molecule has 2 aromatic rings. The first kappa shape index (κ1) is 14.8. The topological polar surface area (TPSA) is 38.1 Å². The van der Waals surface area contributed by atoms with Crippen LogP contribution in [-0.2, 0) is 0 Å². The van der Waals surface area contributed by atoms with Crippen molar-refractivity contribution in [2.24, 2.45) is 5.92 Å². The molecule has 0 saturated carbocycles. The predicted octanol–water partition coefficient (Wildman–Crippen LogP) is 3.19. The van der Waals surface area contributed by atoms with Crippen LogP contribution in [0.5, 0.6) is 0 Å². The predicted molar refractivity (Wildman–Crippen MR) is 82.6 cm³/mol. The zero-order valence-electron chi connectivity index (χ0n) is 12.9. The number of aromatic nitrogens is 2. The minimum absolute atomic E-state index is 0.0393. The van der Waals surface area contributed by atoms with E-state index in [2.05, 4.69) is 12.0 Å². The molecule has 5 heteroatoms. The van der Waals surface area contributed by atoms with Crippen molar-refractivity contribution in [3.05, 3.63) is 47.5 Å². The van der Waals surface area contributed by atoms with Crippen LogP contribution in [0.4, 0.5) is 4.39 Å². The highest BCUT2D eigenvalue weighted by atomic mass is 19.1. The molecule has 0 spiro atoms. The minimum atomic E-state index is -0.285. The summed E-state index contributed by atoms with van der Waals surface area (Å²) in [5.41, 5.74) is 2.17. The van der Waals surface area contributed by atoms with E-state index in [-0.39, 0.29) is 11.7 Å². The highest BCUT2D eigenvalue weighted by Crippen LogP contribution is 2.20. The fourth-order valence-electron chi connectivity index (χ4n) is 3.01. The smallest absolute Gasteiger partial charge is 0.257 e. The van der Waals surface area contributed by atoms with Crippen molar-refractivity contribution in [2.45, 2.75) is 26.7 Å². The van der Waals surface area contributed by atoms with E-state index in [1.807, 2.05) is 11.8 Å². The summed E-state index contributed by atoms with van der Waals surface area (Å²) in [6, 6.07) is 6.10. The largest absolute Gasteiger partial charge is 0.338 e. The van der Waals surface area contributed by atoms with E-state index in [1.165, 1.54) is 18.6 Å². The first-order valence-corrected chi connectivity index (χ1v) is 7.66. The van der Waals surface area contributed by atoms with Gasteiger partial charge in [-0.25, -0.2) is 9.07 Å². The molecule has 1 saturated heterocycles. The molecule has 1 atom stereocenters. The van der Waals surface area contributed by atoms with Crippen molar-refractivity contribution < 1.29 is 9.18 Å². The van der Waals surface area contributed by atoms with Crippen molar-refractivity contribution >= 4 is 5.91 Å². The van der Waals surface area contributed by atoms with Gasteiger partial charge in [0.25, 0.3) is 5.91 Å². The molecule has 0 aliphatic carbocycles. The SMILES string of the molecule is Cc1c(C(=O)N2CCCC(C)C2)cnn1-c1ccc(F)cc1. The third-order valence-corrected chi connectivity index (χ3v) is 4.26. The first-order chi connectivity index (χ1) is 10.6. The minimum Gasteiger partial charge on any atom is -0.338 e. The zero-order chi connectivity index (χ0) is 15.7. The maximum atomic E-state index is 13.0. The van der Waals surface area contributed by atoms with Crippen LogP contribution < -0.4 is 0 Å². The number of amides is 1. The second-order valence-electron chi connectivity index (χ2n) is 6.03. The van der Waals surface area contributed by atoms with Gasteiger partial charge in [0.15, 0.2) is 0 Å². The van der Waals surface area contributed by atoms with Crippen LogP contribution in [-0.4, -0.2) is 33.7 Å². The maximum Gasteiger partial charge on any atom is 0.257 e. The summed E-state index contributed by atoms with van der Waals surface area (Å²) in [4.78, 5) is 14.6. The van der Waals surface area contributed by atoms with Crippen LogP contribution in [0.15, 0.2) is 30.5 Å². The molecule has 1 aliphatic rings. The molecule has 4 nitrogen and oxygen atoms in total. The average Bonchev–Trinajstić information content (AvgIpc) is 2.89. The van der Waals surface area contributed by atoms with Crippen molar-refractivity contribution in [1.29, 1.82) is 0 Å². The molecule has 1 fully saturated rings. The van der Waals surface area contributed by atoms with Gasteiger partial charge in [-0.1, -0.05) is 6.92 Å². The Morgan fingerprint density at radius 3 is 2.73 bits per heavy atom. The molecule has 22 heavy (non-hydrogen) atoms. The number of piperidine rings is 1. The second kappa shape index (κ2) is 5.91. The lowest BCUT2D eigenvalue weighted by Gasteiger charge is -2.30. The van der Waals surface area contributed by atoms with E-state index in [0.717, 1.165) is 30.9 Å². The number of halogens is 1. The number of rotatable bonds is 2. The van der Waals surface area contributed by atoms with Crippen LogP contribution in [0, 0.1) is 18.7 Å². The van der Waals surface area contributed by atoms with Crippen LogP contribution in [0.1, 0.15) is 35.8 Å². The third-order valence-electron chi connectivity index (χ3n) is 4.26. The van der Waals surface area contributed by atoms with E-state index in [1.54, 1.807) is 23.0 Å². The van der Waals surface area contributed by atoms with Gasteiger partial charge in [-0.15, -0.1) is 0 Å². The van der Waals surface area contributed by atoms with Gasteiger partial charge >= 0.3 is 0 Å². The number of likely N-dealkylation sites (tertiary alicyclic amines) is 1. The van der Waals surface area contributed by atoms with E-state index in [0.29, 0.717) is 11.5 Å². The molecule has 116 valence electrons. The Bertz CT molecular complexity index is 678. The van der Waals surface area contributed by atoms with Gasteiger partial charge in [0.2, 0.25) is 0 Å². The molecule has 0 radical (unpaired) electrons. The Labute approximate surface area is 129 Å². The molecular weight excluding hydrogens is 281 g/mol. The molecule has 3 rings (SSSR count). The van der Waals surface area contributed by atoms with E-state index >= 15 is 0 Å². The molecule has 0 N–H and O–H groups in total. The molecule has 1 aromatic heterocycles. The fourth-order valence-corrected chi connectivity index (χ4v) is 3.01. The van der Waals surface area contributed by atoms with E-state index in [4.69, 9.17) is 0 Å². The number of hydrogen-bond acceptors (Lipinski definition) is 2. The number of nitrogens with zero attached hydrogens (tertiary/aromatic N) is 3. The van der Waals surface area contributed by atoms with Gasteiger partial charge in [0, 0.05) is 13.1 Å². The molecule has 0 bridgehead atoms. The van der Waals surface area contributed by atoms with Crippen molar-refractivity contribution in [3.8, 4) is 5.69 Å². The Morgan fingerprint density at radius 2 is 2.05 bits per heavy atom. The number of hydrogen-bond donors (Lipinski definition) is 0. The maximum absolute atomic E-state index is 13.0. The van der Waals surface area contributed by atoms with E-state index in [9.17, 15) is 9.18 Å². The van der Waals surface area contributed by atoms with Crippen molar-refractivity contribution in [2.75, 3.05) is 13.1 Å². The van der Waals surface area contributed by atoms with Crippen LogP contribution >= 0.6 is 0 Å². The summed E-state index contributed by atoms with van der Waals surface area (Å²) in [5, 5.41) is 4.30. The summed E-state index contributed by atoms with van der Waals surface area (Å²) >= 11 is 0. The van der Waals surface area contributed by atoms with Crippen LogP contribution in [0.3, 0.4) is 0 Å². The van der Waals surface area contributed by atoms with Gasteiger partial charge in [-0.3, -0.25) is 4.79 Å². The standard InChI is InChI=1S/C17H20FN3O/c1-12-4-3-9-20(11-12)17(22)16-10-19-21(13(16)2)15-7-5-14(18)6-8-15/h5-8,10,12H,3-4,9,11H2,1-2H3. The normalized spacial score (nSPS) is 18.5. The van der Waals surface area contributed by atoms with Gasteiger partial charge < -0.3 is 4.90 Å². The first-order valence-electron chi connectivity index (χ1n) is 7.66. The Morgan fingerprint density at radius 1 is 1.32 bits per heavy atom. The molecule has 1 unspecified atom stereocenters. The second-order valence-corrected chi connectivity index (χ2v) is 6.03. The molecule has 1 amide bonds. The number of benzene rings is 1. The van der Waals surface area contributed by atoms with Crippen LogP contribution in [0.2, 0.25) is 0 Å². The lowest BCUT2D eigenvalue weighted by Crippen LogP contribution is -2.39. The molecule has 1 aromatic carbocycles. The van der Waals surface area contributed by atoms with Gasteiger partial charge in [-0.2, -0.15) is 5.10 Å². The Hall–Kier alpha value is -2.17. The summed E-state index contributed by atoms with van der Waals surface area (Å²) in [5.74, 6) is 0.301. The third kappa shape index (κ3) is 2.75. The van der Waals surface area contributed by atoms with Gasteiger partial charge in [0.1, 0.15) is 5.82 Å². The monoisotopic (exact) mass is 301 g/mol. The molecule has 2 heterocycles. The van der Waals surface area contributed by atoms with Gasteiger partial charge in [-0.05, 0) is 49.9 Å². The fraction of sp³-hybridized carbons (Fsp3) is 0.412. The summed E-state index contributed by atoms with van der Waals surface area (Å²) in [7, 11) is 0. The Balaban J connectivity index is 1.86. The number of carbonyl (C=O) groups excluding carboxylic acids is 1. The highest BCUT2D eigenvalue weighted by molar-refractivity contribution is 5.95. The highest BCUT2D eigenvalue weighted by Gasteiger charge is 2.25. The zero-order valence-corrected chi connectivity index (χ0v) is 12.9. The lowest BCUT2D eigenvalue weighted by molar-refractivity contribution is 0.0682. The van der Waals surface area contributed by atoms with Crippen molar-refractivity contribution in [1.82, 2.24) is 14.7 Å². The summed E-state index contributed by atoms with van der Waals surface area (Å²) < 4.78 is 14.7. The average molecular weight is 301 g/mol. The van der Waals surface area contributed by atoms with Crippen LogP contribution in [0.25, 0.3) is 5.69 Å². The van der Waals surface area contributed by atoms with E-state index < -0.39 is 0 Å². The van der Waals surface area contributed by atoms with Crippen molar-refractivity contribution in [3.63, 3.8) is 0 Å². The molecular formula is C17H20FN3O. The molecule has 1 aliphatic heterocycles. The van der Waals surface area contributed by atoms with Gasteiger partial charge in [0.05, 0.1) is 23.1 Å². The summed E-state index contributed by atoms with van der Waals surface area (Å²) in [6.45, 7) is 5.66. The number of carbonyl (C=O) groups is 1. The Kier molecular flexibility index (Phi) is 3.96.